The first-order chi connectivity index (χ1) is 33.3. The molecular weight excluding hydrogens is 889 g/mol. The average molecular weight is 947 g/mol. The molecule has 0 radical (unpaired) electrons. The van der Waals surface area contributed by atoms with Gasteiger partial charge in [-0.2, -0.15) is 0 Å². The standard InChI is InChI=1S/C55H58N4O9Si/c1-36-51(69(5,6)46-27-25-45(67-4)26-28-46)49(33-50(61)58(30-31-60)34-37-10-8-7-9-11-37)68-55(36)47-32-42(57-53(63)40-16-23-44(66-3)24-17-40)20-29-48(47)59(54(55)64)35-38-12-18-41(19-13-38)56-52(62)39-14-21-43(65-2)22-15-39/h7-29,32,36,49,51,60H,30-31,33-35H2,1-6H3,(H,56,62)(H,57,63)/t36-,49+,51-,55+/m0/s1. The van der Waals surface area contributed by atoms with Crippen LogP contribution in [0.15, 0.2) is 146 Å². The van der Waals surface area contributed by atoms with Gasteiger partial charge in [0.2, 0.25) is 5.91 Å². The SMILES string of the molecule is COc1ccc(C(=O)Nc2ccc(CN3C(=O)[C@]4(O[C@H](CC(=O)N(CCO)Cc5ccccc5)[C@@H]([Si](C)(C)c5ccc(OC)cc5)[C@@H]4C)c4cc(NC(=O)c5ccc(OC)cc5)ccc43)cc2)cc1. The Hall–Kier alpha value is -7.26. The molecule has 1 fully saturated rings. The van der Waals surface area contributed by atoms with Crippen molar-refractivity contribution in [3.63, 3.8) is 0 Å². The molecule has 3 N–H and O–H groups in total. The Morgan fingerprint density at radius 1 is 0.710 bits per heavy atom. The Labute approximate surface area is 404 Å². The number of aliphatic hydroxyl groups excluding tert-OH is 1. The lowest BCUT2D eigenvalue weighted by atomic mass is 9.82. The summed E-state index contributed by atoms with van der Waals surface area (Å²) in [4.78, 5) is 60.6. The van der Waals surface area contributed by atoms with Gasteiger partial charge >= 0.3 is 0 Å². The molecule has 8 rings (SSSR count). The minimum atomic E-state index is -2.68. The van der Waals surface area contributed by atoms with Crippen molar-refractivity contribution < 1.29 is 43.2 Å². The first-order valence-corrected chi connectivity index (χ1v) is 26.1. The molecule has 0 bridgehead atoms. The Morgan fingerprint density at radius 3 is 1.80 bits per heavy atom. The van der Waals surface area contributed by atoms with E-state index in [1.165, 1.54) is 0 Å². The number of carbonyl (C=O) groups excluding carboxylic acids is 4. The fourth-order valence-corrected chi connectivity index (χ4v) is 14.0. The van der Waals surface area contributed by atoms with Crippen LogP contribution in [0.2, 0.25) is 18.6 Å². The van der Waals surface area contributed by atoms with E-state index in [1.807, 2.05) is 66.7 Å². The summed E-state index contributed by atoms with van der Waals surface area (Å²) in [5, 5.41) is 17.3. The van der Waals surface area contributed by atoms with E-state index < -0.39 is 25.7 Å². The lowest BCUT2D eigenvalue weighted by molar-refractivity contribution is -0.150. The van der Waals surface area contributed by atoms with Crippen LogP contribution in [0, 0.1) is 5.92 Å². The second-order valence-electron chi connectivity index (χ2n) is 18.1. The fraction of sp³-hybridized carbons (Fsp3) is 0.273. The van der Waals surface area contributed by atoms with Crippen LogP contribution in [-0.4, -0.2) is 82.3 Å². The monoisotopic (exact) mass is 946 g/mol. The van der Waals surface area contributed by atoms with Gasteiger partial charge in [-0.25, -0.2) is 0 Å². The molecule has 69 heavy (non-hydrogen) atoms. The highest BCUT2D eigenvalue weighted by atomic mass is 28.3. The smallest absolute Gasteiger partial charge is 0.264 e. The number of hydrogen-bond donors (Lipinski definition) is 3. The maximum Gasteiger partial charge on any atom is 0.264 e. The highest BCUT2D eigenvalue weighted by Crippen LogP contribution is 2.60. The van der Waals surface area contributed by atoms with Gasteiger partial charge in [-0.05, 0) is 108 Å². The summed E-state index contributed by atoms with van der Waals surface area (Å²) >= 11 is 0. The van der Waals surface area contributed by atoms with E-state index in [-0.39, 0.29) is 55.3 Å². The maximum absolute atomic E-state index is 15.7. The molecule has 2 aliphatic rings. The zero-order valence-electron chi connectivity index (χ0n) is 39.7. The molecule has 4 atom stereocenters. The highest BCUT2D eigenvalue weighted by molar-refractivity contribution is 6.91. The third-order valence-electron chi connectivity index (χ3n) is 13.7. The summed E-state index contributed by atoms with van der Waals surface area (Å²) in [6, 6.07) is 44.1. The molecule has 6 aromatic rings. The van der Waals surface area contributed by atoms with Crippen LogP contribution in [0.1, 0.15) is 50.8 Å². The normalized spacial score (nSPS) is 18.4. The second kappa shape index (κ2) is 20.5. The number of amides is 4. The number of rotatable bonds is 17. The van der Waals surface area contributed by atoms with Crippen LogP contribution >= 0.6 is 0 Å². The van der Waals surface area contributed by atoms with Crippen molar-refractivity contribution in [3.05, 3.63) is 173 Å². The van der Waals surface area contributed by atoms with Crippen molar-refractivity contribution in [3.8, 4) is 17.2 Å². The Kier molecular flexibility index (Phi) is 14.3. The quantitative estimate of drug-likeness (QED) is 0.0765. The molecule has 1 spiro atoms. The number of hydrogen-bond acceptors (Lipinski definition) is 9. The first-order valence-electron chi connectivity index (χ1n) is 23.0. The third kappa shape index (κ3) is 9.87. The number of anilines is 3. The van der Waals surface area contributed by atoms with E-state index in [2.05, 4.69) is 42.8 Å². The number of methoxy groups -OCH3 is 3. The maximum atomic E-state index is 15.7. The van der Waals surface area contributed by atoms with Crippen molar-refractivity contribution in [1.82, 2.24) is 4.90 Å². The molecule has 13 nitrogen and oxygen atoms in total. The number of ether oxygens (including phenoxy) is 4. The van der Waals surface area contributed by atoms with Crippen molar-refractivity contribution in [1.29, 1.82) is 0 Å². The molecule has 0 unspecified atom stereocenters. The first kappa shape index (κ1) is 48.2. The van der Waals surface area contributed by atoms with Crippen LogP contribution < -0.4 is 34.9 Å². The second-order valence-corrected chi connectivity index (χ2v) is 22.8. The van der Waals surface area contributed by atoms with Crippen molar-refractivity contribution in [2.24, 2.45) is 5.92 Å². The third-order valence-corrected chi connectivity index (χ3v) is 18.0. The number of fused-ring (bicyclic) bond motifs is 2. The average Bonchev–Trinajstić information content (AvgIpc) is 3.79. The molecule has 0 saturated carbocycles. The predicted octanol–water partition coefficient (Wildman–Crippen LogP) is 8.39. The molecule has 0 aliphatic carbocycles. The topological polar surface area (TPSA) is 156 Å². The molecule has 356 valence electrons. The van der Waals surface area contributed by atoms with Crippen LogP contribution in [0.25, 0.3) is 0 Å². The summed E-state index contributed by atoms with van der Waals surface area (Å²) in [6.45, 7) is 6.94. The van der Waals surface area contributed by atoms with Crippen molar-refractivity contribution in [2.75, 3.05) is 50.0 Å². The molecule has 6 aromatic carbocycles. The van der Waals surface area contributed by atoms with E-state index in [9.17, 15) is 19.5 Å². The van der Waals surface area contributed by atoms with Gasteiger partial charge in [-0.15, -0.1) is 0 Å². The largest absolute Gasteiger partial charge is 0.497 e. The van der Waals surface area contributed by atoms with Crippen LogP contribution in [0.5, 0.6) is 17.2 Å². The number of nitrogens with one attached hydrogen (secondary N) is 2. The van der Waals surface area contributed by atoms with E-state index in [4.69, 9.17) is 18.9 Å². The Bertz CT molecular complexity index is 2790. The Balaban J connectivity index is 1.17. The molecule has 2 heterocycles. The number of aliphatic hydroxyl groups is 1. The molecule has 4 amide bonds. The summed E-state index contributed by atoms with van der Waals surface area (Å²) in [5.74, 6) is 0.423. The van der Waals surface area contributed by atoms with Gasteiger partial charge in [0.15, 0.2) is 5.60 Å². The molecule has 14 heteroatoms. The fourth-order valence-electron chi connectivity index (χ4n) is 10.0. The molecule has 0 aromatic heterocycles. The molecule has 2 aliphatic heterocycles. The van der Waals surface area contributed by atoms with E-state index in [1.54, 1.807) is 97.9 Å². The van der Waals surface area contributed by atoms with E-state index >= 15 is 4.79 Å². The number of benzene rings is 6. The van der Waals surface area contributed by atoms with Gasteiger partial charge in [0, 0.05) is 47.1 Å². The Morgan fingerprint density at radius 2 is 1.25 bits per heavy atom. The minimum absolute atomic E-state index is 0.0314. The molecular formula is C55H58N4O9Si. The number of nitrogens with zero attached hydrogens (tertiary/aromatic N) is 2. The van der Waals surface area contributed by atoms with Crippen molar-refractivity contribution in [2.45, 2.75) is 56.8 Å². The number of carbonyl (C=O) groups is 4. The summed E-state index contributed by atoms with van der Waals surface area (Å²) < 4.78 is 23.4. The van der Waals surface area contributed by atoms with Crippen LogP contribution in [-0.2, 0) is 33.0 Å². The summed E-state index contributed by atoms with van der Waals surface area (Å²) in [7, 11) is 2.08. The minimum Gasteiger partial charge on any atom is -0.497 e. The summed E-state index contributed by atoms with van der Waals surface area (Å²) in [5.41, 5.74) is 3.05. The van der Waals surface area contributed by atoms with Gasteiger partial charge in [-0.1, -0.05) is 79.8 Å². The molecule has 1 saturated heterocycles. The van der Waals surface area contributed by atoms with Gasteiger partial charge in [0.1, 0.15) is 17.2 Å². The van der Waals surface area contributed by atoms with Gasteiger partial charge < -0.3 is 44.5 Å². The zero-order valence-corrected chi connectivity index (χ0v) is 40.7. The van der Waals surface area contributed by atoms with Gasteiger partial charge in [-0.3, -0.25) is 19.2 Å². The van der Waals surface area contributed by atoms with E-state index in [0.717, 1.165) is 22.1 Å². The van der Waals surface area contributed by atoms with Crippen molar-refractivity contribution >= 4 is 54.0 Å². The lowest BCUT2D eigenvalue weighted by Gasteiger charge is -2.37. The van der Waals surface area contributed by atoms with Crippen LogP contribution in [0.4, 0.5) is 17.1 Å². The van der Waals surface area contributed by atoms with E-state index in [0.29, 0.717) is 51.8 Å². The summed E-state index contributed by atoms with van der Waals surface area (Å²) in [6.07, 6.45) is -0.743. The zero-order chi connectivity index (χ0) is 48.9. The van der Waals surface area contributed by atoms with Gasteiger partial charge in [0.25, 0.3) is 17.7 Å². The predicted molar refractivity (Wildman–Crippen MR) is 269 cm³/mol. The highest BCUT2D eigenvalue weighted by Gasteiger charge is 2.66. The lowest BCUT2D eigenvalue weighted by Crippen LogP contribution is -2.52. The van der Waals surface area contributed by atoms with Crippen LogP contribution in [0.3, 0.4) is 0 Å². The van der Waals surface area contributed by atoms with Gasteiger partial charge in [0.05, 0.1) is 60.8 Å².